The van der Waals surface area contributed by atoms with Crippen LogP contribution in [0.2, 0.25) is 0 Å². The highest BCUT2D eigenvalue weighted by Gasteiger charge is 2.38. The van der Waals surface area contributed by atoms with Crippen molar-refractivity contribution in [2.45, 2.75) is 26.2 Å². The lowest BCUT2D eigenvalue weighted by molar-refractivity contribution is -0.119. The van der Waals surface area contributed by atoms with Crippen molar-refractivity contribution in [3.8, 4) is 11.4 Å². The van der Waals surface area contributed by atoms with Crippen LogP contribution >= 0.6 is 0 Å². The van der Waals surface area contributed by atoms with Gasteiger partial charge in [-0.2, -0.15) is 0 Å². The van der Waals surface area contributed by atoms with Crippen LogP contribution in [0.15, 0.2) is 30.6 Å². The van der Waals surface area contributed by atoms with Crippen LogP contribution < -0.4 is 5.32 Å². The van der Waals surface area contributed by atoms with Crippen LogP contribution in [-0.4, -0.2) is 15.9 Å². The maximum atomic E-state index is 11.9. The maximum absolute atomic E-state index is 11.9. The monoisotopic (exact) mass is 253 g/mol. The number of carbonyl (C=O) groups excluding carboxylic acids is 1. The van der Waals surface area contributed by atoms with E-state index in [-0.39, 0.29) is 5.91 Å². The quantitative estimate of drug-likeness (QED) is 0.850. The average molecular weight is 253 g/mol. The zero-order valence-electron chi connectivity index (χ0n) is 11.2. The van der Waals surface area contributed by atoms with Crippen LogP contribution in [0.1, 0.15) is 25.0 Å². The summed E-state index contributed by atoms with van der Waals surface area (Å²) in [5.74, 6) is 0.705. The fraction of sp³-hybridized carbons (Fsp3) is 0.267. The van der Waals surface area contributed by atoms with Crippen molar-refractivity contribution < 1.29 is 4.79 Å². The Bertz CT molecular complexity index is 660. The largest absolute Gasteiger partial charge is 0.325 e. The van der Waals surface area contributed by atoms with Crippen LogP contribution in [0.25, 0.3) is 11.4 Å². The minimum absolute atomic E-state index is 0.0319. The molecule has 4 nitrogen and oxygen atoms in total. The van der Waals surface area contributed by atoms with Gasteiger partial charge in [0.1, 0.15) is 0 Å². The number of rotatable bonds is 1. The number of aromatic nitrogens is 2. The number of benzene rings is 1. The van der Waals surface area contributed by atoms with E-state index in [9.17, 15) is 4.79 Å². The summed E-state index contributed by atoms with van der Waals surface area (Å²) in [7, 11) is 0. The van der Waals surface area contributed by atoms with Gasteiger partial charge in [0.25, 0.3) is 0 Å². The van der Waals surface area contributed by atoms with E-state index in [0.717, 1.165) is 22.4 Å². The lowest BCUT2D eigenvalue weighted by Gasteiger charge is -2.14. The molecule has 0 saturated carbocycles. The van der Waals surface area contributed by atoms with Crippen LogP contribution in [0.3, 0.4) is 0 Å². The smallest absolute Gasteiger partial charge is 0.234 e. The molecule has 1 aliphatic rings. The molecular formula is C15H15N3O. The van der Waals surface area contributed by atoms with E-state index >= 15 is 0 Å². The van der Waals surface area contributed by atoms with Gasteiger partial charge in [-0.3, -0.25) is 4.79 Å². The third-order valence-electron chi connectivity index (χ3n) is 3.55. The molecule has 3 rings (SSSR count). The van der Waals surface area contributed by atoms with Gasteiger partial charge in [0, 0.05) is 23.6 Å². The van der Waals surface area contributed by atoms with Crippen molar-refractivity contribution in [1.82, 2.24) is 9.97 Å². The fourth-order valence-corrected chi connectivity index (χ4v) is 2.27. The molecule has 4 heteroatoms. The van der Waals surface area contributed by atoms with Crippen molar-refractivity contribution in [1.29, 1.82) is 0 Å². The number of anilines is 1. The molecule has 1 amide bonds. The Kier molecular flexibility index (Phi) is 2.42. The summed E-state index contributed by atoms with van der Waals surface area (Å²) in [5.41, 5.74) is 3.35. The van der Waals surface area contributed by atoms with E-state index < -0.39 is 5.41 Å². The first kappa shape index (κ1) is 11.8. The lowest BCUT2D eigenvalue weighted by atomic mass is 9.86. The minimum atomic E-state index is -0.470. The number of hydrogen-bond acceptors (Lipinski definition) is 3. The lowest BCUT2D eigenvalue weighted by Crippen LogP contribution is -2.26. The topological polar surface area (TPSA) is 54.9 Å². The molecule has 0 radical (unpaired) electrons. The highest BCUT2D eigenvalue weighted by atomic mass is 16.2. The Morgan fingerprint density at radius 1 is 1.16 bits per heavy atom. The molecule has 96 valence electrons. The number of amides is 1. The molecule has 0 saturated heterocycles. The molecule has 0 spiro atoms. The molecule has 1 N–H and O–H groups in total. The zero-order chi connectivity index (χ0) is 13.6. The first-order valence-electron chi connectivity index (χ1n) is 6.23. The molecule has 0 atom stereocenters. The van der Waals surface area contributed by atoms with Crippen molar-refractivity contribution in [3.63, 3.8) is 0 Å². The van der Waals surface area contributed by atoms with E-state index in [4.69, 9.17) is 0 Å². The molecule has 2 heterocycles. The third kappa shape index (κ3) is 1.80. The van der Waals surface area contributed by atoms with E-state index in [1.807, 2.05) is 39.0 Å². The normalized spacial score (nSPS) is 16.1. The fourth-order valence-electron chi connectivity index (χ4n) is 2.27. The van der Waals surface area contributed by atoms with Gasteiger partial charge in [-0.15, -0.1) is 0 Å². The zero-order valence-corrected chi connectivity index (χ0v) is 11.2. The van der Waals surface area contributed by atoms with Gasteiger partial charge in [-0.1, -0.05) is 12.1 Å². The Balaban J connectivity index is 2.07. The number of fused-ring (bicyclic) bond motifs is 1. The molecular weight excluding hydrogens is 238 g/mol. The second kappa shape index (κ2) is 3.88. The molecule has 0 aliphatic carbocycles. The first-order chi connectivity index (χ1) is 8.98. The summed E-state index contributed by atoms with van der Waals surface area (Å²) in [6.45, 7) is 5.81. The molecule has 1 aromatic carbocycles. The molecule has 0 bridgehead atoms. The first-order valence-corrected chi connectivity index (χ1v) is 6.23. The summed E-state index contributed by atoms with van der Waals surface area (Å²) in [6.07, 6.45) is 3.58. The number of aryl methyl sites for hydroxylation is 1. The summed E-state index contributed by atoms with van der Waals surface area (Å²) < 4.78 is 0. The maximum Gasteiger partial charge on any atom is 0.234 e. The van der Waals surface area contributed by atoms with Crippen LogP contribution in [-0.2, 0) is 10.2 Å². The van der Waals surface area contributed by atoms with Gasteiger partial charge in [-0.25, -0.2) is 9.97 Å². The molecule has 0 unspecified atom stereocenters. The van der Waals surface area contributed by atoms with Gasteiger partial charge >= 0.3 is 0 Å². The number of hydrogen-bond donors (Lipinski definition) is 1. The predicted octanol–water partition coefficient (Wildman–Crippen LogP) is 2.68. The van der Waals surface area contributed by atoms with E-state index in [1.165, 1.54) is 0 Å². The Morgan fingerprint density at radius 2 is 1.84 bits per heavy atom. The summed E-state index contributed by atoms with van der Waals surface area (Å²) in [4.78, 5) is 20.5. The number of nitrogens with zero attached hydrogens (tertiary/aromatic N) is 2. The van der Waals surface area contributed by atoms with Crippen molar-refractivity contribution in [2.24, 2.45) is 0 Å². The van der Waals surface area contributed by atoms with E-state index in [1.54, 1.807) is 12.4 Å². The van der Waals surface area contributed by atoms with Gasteiger partial charge in [0.05, 0.1) is 5.41 Å². The molecule has 1 aromatic heterocycles. The second-order valence-electron chi connectivity index (χ2n) is 5.42. The van der Waals surface area contributed by atoms with Crippen LogP contribution in [0.4, 0.5) is 5.69 Å². The average Bonchev–Trinajstić information content (AvgIpc) is 2.61. The van der Waals surface area contributed by atoms with Gasteiger partial charge in [0.2, 0.25) is 5.91 Å². The molecule has 2 aromatic rings. The predicted molar refractivity (Wildman–Crippen MR) is 73.9 cm³/mol. The Hall–Kier alpha value is -2.23. The number of nitrogens with one attached hydrogen (secondary N) is 1. The van der Waals surface area contributed by atoms with Crippen molar-refractivity contribution in [2.75, 3.05) is 5.32 Å². The van der Waals surface area contributed by atoms with Gasteiger partial charge < -0.3 is 5.32 Å². The van der Waals surface area contributed by atoms with Crippen LogP contribution in [0, 0.1) is 6.92 Å². The summed E-state index contributed by atoms with van der Waals surface area (Å²) >= 11 is 0. The molecule has 19 heavy (non-hydrogen) atoms. The molecule has 1 aliphatic heterocycles. The minimum Gasteiger partial charge on any atom is -0.325 e. The van der Waals surface area contributed by atoms with E-state index in [0.29, 0.717) is 5.82 Å². The van der Waals surface area contributed by atoms with Crippen molar-refractivity contribution >= 4 is 11.6 Å². The highest BCUT2D eigenvalue weighted by molar-refractivity contribution is 6.06. The summed E-state index contributed by atoms with van der Waals surface area (Å²) in [6, 6.07) is 5.88. The van der Waals surface area contributed by atoms with E-state index in [2.05, 4.69) is 15.3 Å². The highest BCUT2D eigenvalue weighted by Crippen LogP contribution is 2.38. The SMILES string of the molecule is Cc1cnc(-c2ccc3c(c2)NC(=O)C3(C)C)nc1. The van der Waals surface area contributed by atoms with Crippen molar-refractivity contribution in [3.05, 3.63) is 41.7 Å². The molecule has 0 fully saturated rings. The standard InChI is InChI=1S/C15H15N3O/c1-9-7-16-13(17-8-9)10-4-5-11-12(6-10)18-14(19)15(11,2)3/h4-8H,1-3H3,(H,18,19). The summed E-state index contributed by atoms with van der Waals surface area (Å²) in [5, 5.41) is 2.91. The number of carbonyl (C=O) groups is 1. The van der Waals surface area contributed by atoms with Gasteiger partial charge in [-0.05, 0) is 38.0 Å². The Morgan fingerprint density at radius 3 is 2.53 bits per heavy atom. The van der Waals surface area contributed by atoms with Gasteiger partial charge in [0.15, 0.2) is 5.82 Å². The third-order valence-corrected chi connectivity index (χ3v) is 3.55. The van der Waals surface area contributed by atoms with Crippen LogP contribution in [0.5, 0.6) is 0 Å². The second-order valence-corrected chi connectivity index (χ2v) is 5.42. The Labute approximate surface area is 111 Å².